The summed E-state index contributed by atoms with van der Waals surface area (Å²) in [5, 5.41) is 0. The zero-order valence-corrected chi connectivity index (χ0v) is 10.9. The van der Waals surface area contributed by atoms with Gasteiger partial charge in [-0.2, -0.15) is 35.9 Å². The van der Waals surface area contributed by atoms with E-state index in [-0.39, 0.29) is 32.7 Å². The minimum Gasteiger partial charge on any atom is -0.464 e. The fraction of sp³-hybridized carbons (Fsp3) is 0.300. The zero-order valence-electron chi connectivity index (χ0n) is 8.04. The van der Waals surface area contributed by atoms with Crippen molar-refractivity contribution in [3.05, 3.63) is 42.9 Å². The van der Waals surface area contributed by atoms with Crippen LogP contribution in [0.1, 0.15) is 5.56 Å². The summed E-state index contributed by atoms with van der Waals surface area (Å²) in [7, 11) is 7.25. The van der Waals surface area contributed by atoms with E-state index in [9.17, 15) is 0 Å². The first-order chi connectivity index (χ1) is 5.13. The molecule has 1 aromatic rings. The molecule has 0 saturated heterocycles. The van der Waals surface area contributed by atoms with Gasteiger partial charge in [-0.3, -0.25) is 7.05 Å². The molecule has 0 heterocycles. The molecule has 0 bridgehead atoms. The zero-order chi connectivity index (χ0) is 8.69. The first-order valence-corrected chi connectivity index (χ1v) is 3.53. The van der Waals surface area contributed by atoms with Gasteiger partial charge in [0.2, 0.25) is 0 Å². The quantitative estimate of drug-likeness (QED) is 0.626. The van der Waals surface area contributed by atoms with Crippen LogP contribution >= 0.6 is 0 Å². The van der Waals surface area contributed by atoms with Gasteiger partial charge < -0.3 is 4.90 Å². The Morgan fingerprint density at radius 3 is 1.75 bits per heavy atom. The Balaban J connectivity index is 0. The molecule has 1 radical (unpaired) electrons. The number of rotatable bonds is 0. The van der Waals surface area contributed by atoms with Crippen LogP contribution in [-0.2, 0) is 32.7 Å². The second-order valence-electron chi connectivity index (χ2n) is 2.66. The smallest absolute Gasteiger partial charge is 0 e. The Labute approximate surface area is 101 Å². The second kappa shape index (κ2) is 9.37. The first kappa shape index (κ1) is 14.8. The maximum atomic E-state index is 3.47. The van der Waals surface area contributed by atoms with E-state index in [1.807, 2.05) is 38.4 Å². The molecular weight excluding hydrogens is 223 g/mol. The maximum Gasteiger partial charge on any atom is 0 e. The van der Waals surface area contributed by atoms with Crippen molar-refractivity contribution < 1.29 is 32.7 Å². The first-order valence-electron chi connectivity index (χ1n) is 3.53. The topological polar surface area (TPSA) is 3.24 Å². The maximum absolute atomic E-state index is 3.47. The third kappa shape index (κ3) is 12.9. The van der Waals surface area contributed by atoms with Crippen LogP contribution in [0.15, 0.2) is 24.3 Å². The molecule has 0 aromatic heterocycles. The molecule has 2 heteroatoms. The van der Waals surface area contributed by atoms with Crippen LogP contribution in [-0.4, -0.2) is 19.0 Å². The molecule has 0 aliphatic heterocycles. The molecule has 12 heavy (non-hydrogen) atoms. The van der Waals surface area contributed by atoms with Crippen molar-refractivity contribution in [2.75, 3.05) is 14.1 Å². The summed E-state index contributed by atoms with van der Waals surface area (Å²) in [6.45, 7) is 2.06. The van der Waals surface area contributed by atoms with E-state index in [1.165, 1.54) is 5.56 Å². The van der Waals surface area contributed by atoms with Crippen molar-refractivity contribution >= 4 is 0 Å². The molecule has 1 nitrogen and oxygen atoms in total. The summed E-state index contributed by atoms with van der Waals surface area (Å²) in [6, 6.07) is 10.8. The van der Waals surface area contributed by atoms with Gasteiger partial charge in [0.25, 0.3) is 0 Å². The molecule has 1 aromatic carbocycles. The van der Waals surface area contributed by atoms with Crippen molar-refractivity contribution in [3.63, 3.8) is 0 Å². The predicted molar refractivity (Wildman–Crippen MR) is 49.1 cm³/mol. The van der Waals surface area contributed by atoms with Crippen molar-refractivity contribution in [1.29, 1.82) is 0 Å². The van der Waals surface area contributed by atoms with E-state index in [1.54, 1.807) is 4.90 Å². The number of aryl methyl sites for hydroxylation is 1. The van der Waals surface area contributed by atoms with Gasteiger partial charge in [0.15, 0.2) is 0 Å². The van der Waals surface area contributed by atoms with Gasteiger partial charge in [-0.25, -0.2) is 0 Å². The van der Waals surface area contributed by atoms with Crippen LogP contribution in [0.5, 0.6) is 0 Å². The van der Waals surface area contributed by atoms with Crippen LogP contribution in [0.2, 0.25) is 0 Å². The molecule has 0 aliphatic carbocycles. The standard InChI is InChI=1S/C7H7.C3H8N.Y/c1-7-5-3-2-4-6-7;1-4(2)3;/h3-6H,1H3;1H2,2-3H3;/q2*-1;. The summed E-state index contributed by atoms with van der Waals surface area (Å²) < 4.78 is 0. The Morgan fingerprint density at radius 1 is 1.25 bits per heavy atom. The minimum atomic E-state index is 0. The van der Waals surface area contributed by atoms with Crippen molar-refractivity contribution in [2.24, 2.45) is 0 Å². The van der Waals surface area contributed by atoms with Gasteiger partial charge in [-0.15, -0.1) is 0 Å². The van der Waals surface area contributed by atoms with E-state index in [0.29, 0.717) is 0 Å². The Bertz CT molecular complexity index is 170. The molecule has 0 fully saturated rings. The Hall–Kier alpha value is 0.284. The summed E-state index contributed by atoms with van der Waals surface area (Å²) in [5.41, 5.74) is 1.29. The molecule has 0 amide bonds. The van der Waals surface area contributed by atoms with E-state index in [4.69, 9.17) is 0 Å². The van der Waals surface area contributed by atoms with E-state index in [0.717, 1.165) is 0 Å². The monoisotopic (exact) mass is 238 g/mol. The minimum absolute atomic E-state index is 0. The van der Waals surface area contributed by atoms with Crippen LogP contribution in [0.25, 0.3) is 0 Å². The molecule has 0 saturated carbocycles. The average Bonchev–Trinajstić information content (AvgIpc) is 1.87. The largest absolute Gasteiger partial charge is 0.464 e. The Morgan fingerprint density at radius 2 is 1.58 bits per heavy atom. The van der Waals surface area contributed by atoms with Gasteiger partial charge in [-0.05, 0) is 14.1 Å². The average molecular weight is 238 g/mol. The van der Waals surface area contributed by atoms with Crippen LogP contribution in [0.3, 0.4) is 0 Å². The summed E-state index contributed by atoms with van der Waals surface area (Å²) in [6.07, 6.45) is 0. The van der Waals surface area contributed by atoms with E-state index in [2.05, 4.69) is 20.0 Å². The molecule has 65 valence electrons. The second-order valence-corrected chi connectivity index (χ2v) is 2.66. The van der Waals surface area contributed by atoms with Crippen LogP contribution < -0.4 is 0 Å². The SMILES string of the molecule is Cc1cc[c-]cc1.[CH2-]N(C)C.[Y]. The molecule has 0 N–H and O–H groups in total. The summed E-state index contributed by atoms with van der Waals surface area (Å²) >= 11 is 0. The molecule has 0 unspecified atom stereocenters. The van der Waals surface area contributed by atoms with Gasteiger partial charge in [0.1, 0.15) is 0 Å². The normalized spacial score (nSPS) is 8.08. The van der Waals surface area contributed by atoms with Crippen LogP contribution in [0.4, 0.5) is 0 Å². The van der Waals surface area contributed by atoms with Gasteiger partial charge >= 0.3 is 0 Å². The molecule has 0 aliphatic rings. The van der Waals surface area contributed by atoms with Crippen molar-refractivity contribution in [3.8, 4) is 0 Å². The number of hydrogen-bond donors (Lipinski definition) is 0. The van der Waals surface area contributed by atoms with E-state index < -0.39 is 0 Å². The van der Waals surface area contributed by atoms with Crippen LogP contribution in [0, 0.1) is 20.0 Å². The van der Waals surface area contributed by atoms with Gasteiger partial charge in [0, 0.05) is 32.7 Å². The number of hydrogen-bond acceptors (Lipinski definition) is 1. The van der Waals surface area contributed by atoms with Crippen molar-refractivity contribution in [2.45, 2.75) is 6.92 Å². The third-order valence-corrected chi connectivity index (χ3v) is 0.885. The molecule has 0 spiro atoms. The van der Waals surface area contributed by atoms with E-state index >= 15 is 0 Å². The van der Waals surface area contributed by atoms with Gasteiger partial charge in [0.05, 0.1) is 0 Å². The number of benzene rings is 1. The van der Waals surface area contributed by atoms with Crippen molar-refractivity contribution in [1.82, 2.24) is 4.90 Å². The van der Waals surface area contributed by atoms with Gasteiger partial charge in [-0.1, -0.05) is 6.92 Å². The molecular formula is C10H15NY-2. The molecule has 1 rings (SSSR count). The molecule has 0 atom stereocenters. The fourth-order valence-electron chi connectivity index (χ4n) is 0.470. The summed E-state index contributed by atoms with van der Waals surface area (Å²) in [5.74, 6) is 0. The summed E-state index contributed by atoms with van der Waals surface area (Å²) in [4.78, 5) is 1.75. The number of nitrogens with zero attached hydrogens (tertiary/aromatic N) is 1. The predicted octanol–water partition coefficient (Wildman–Crippen LogP) is 2.13. The fourth-order valence-corrected chi connectivity index (χ4v) is 0.470. The Kier molecular flexibility index (Phi) is 11.6. The third-order valence-electron chi connectivity index (χ3n) is 0.885.